The number of rotatable bonds is 4. The van der Waals surface area contributed by atoms with Crippen molar-refractivity contribution >= 4 is 18.3 Å². The predicted octanol–water partition coefficient (Wildman–Crippen LogP) is 2.20. The Hall–Kier alpha value is -1.88. The summed E-state index contributed by atoms with van der Waals surface area (Å²) < 4.78 is 2.23. The first-order valence-corrected chi connectivity index (χ1v) is 5.34. The Labute approximate surface area is 98.6 Å². The lowest BCUT2D eigenvalue weighted by Crippen LogP contribution is -2.13. The Morgan fingerprint density at radius 3 is 2.88 bits per heavy atom. The van der Waals surface area contributed by atoms with Gasteiger partial charge in [0.25, 0.3) is 0 Å². The Bertz CT molecular complexity index is 512. The summed E-state index contributed by atoms with van der Waals surface area (Å²) in [5.74, 6) is 0. The molecule has 0 bridgehead atoms. The number of hydrogen-bond donors (Lipinski definition) is 2. The van der Waals surface area contributed by atoms with Gasteiger partial charge in [0.15, 0.2) is 0 Å². The van der Waals surface area contributed by atoms with Crippen LogP contribution in [0.4, 0.5) is 0 Å². The number of nitrogens with zero attached hydrogens (tertiary/aromatic N) is 2. The van der Waals surface area contributed by atoms with Crippen LogP contribution in [0.25, 0.3) is 6.08 Å². The van der Waals surface area contributed by atoms with E-state index in [-0.39, 0.29) is 0 Å². The van der Waals surface area contributed by atoms with Crippen LogP contribution in [0, 0.1) is 4.77 Å². The van der Waals surface area contributed by atoms with E-state index in [4.69, 9.17) is 12.2 Å². The van der Waals surface area contributed by atoms with Crippen molar-refractivity contribution in [1.82, 2.24) is 14.9 Å². The largest absolute Gasteiger partial charge is 0.319 e. The molecule has 1 aromatic heterocycles. The zero-order valence-corrected chi connectivity index (χ0v) is 9.45. The summed E-state index contributed by atoms with van der Waals surface area (Å²) in [6.07, 6.45) is 5.69. The SMILES string of the molecule is S=c1[nH]ncn1NC/C=C/c1ccccc1. The molecule has 0 aliphatic rings. The van der Waals surface area contributed by atoms with Crippen LogP contribution in [0.2, 0.25) is 0 Å². The Morgan fingerprint density at radius 2 is 2.19 bits per heavy atom. The van der Waals surface area contributed by atoms with Crippen molar-refractivity contribution in [2.75, 3.05) is 12.0 Å². The van der Waals surface area contributed by atoms with E-state index in [1.54, 1.807) is 11.0 Å². The molecule has 2 rings (SSSR count). The van der Waals surface area contributed by atoms with Crippen molar-refractivity contribution in [2.24, 2.45) is 0 Å². The number of hydrogen-bond acceptors (Lipinski definition) is 3. The quantitative estimate of drug-likeness (QED) is 0.794. The number of nitrogens with one attached hydrogen (secondary N) is 2. The van der Waals surface area contributed by atoms with Crippen molar-refractivity contribution in [2.45, 2.75) is 0 Å². The number of aromatic amines is 1. The average Bonchev–Trinajstić information content (AvgIpc) is 2.72. The molecule has 0 amide bonds. The standard InChI is InChI=1S/C11H12N4S/c16-11-14-12-9-15(11)13-8-4-7-10-5-2-1-3-6-10/h1-7,9,13H,8H2,(H,14,16)/b7-4+. The molecule has 2 N–H and O–H groups in total. The minimum absolute atomic E-state index is 0.563. The van der Waals surface area contributed by atoms with Gasteiger partial charge in [0, 0.05) is 6.54 Å². The van der Waals surface area contributed by atoms with Gasteiger partial charge >= 0.3 is 0 Å². The van der Waals surface area contributed by atoms with Crippen LogP contribution in [0.1, 0.15) is 5.56 Å². The third-order valence-electron chi connectivity index (χ3n) is 2.04. The van der Waals surface area contributed by atoms with Gasteiger partial charge in [-0.3, -0.25) is 5.10 Å². The van der Waals surface area contributed by atoms with Crippen LogP contribution in [0.15, 0.2) is 42.7 Å². The van der Waals surface area contributed by atoms with Crippen LogP contribution in [0.5, 0.6) is 0 Å². The maximum Gasteiger partial charge on any atom is 0.214 e. The number of aromatic nitrogens is 3. The van der Waals surface area contributed by atoms with E-state index in [0.717, 1.165) is 0 Å². The maximum absolute atomic E-state index is 4.99. The number of benzene rings is 1. The molecule has 0 atom stereocenters. The van der Waals surface area contributed by atoms with Gasteiger partial charge in [-0.1, -0.05) is 42.5 Å². The fourth-order valence-electron chi connectivity index (χ4n) is 1.27. The van der Waals surface area contributed by atoms with E-state index < -0.39 is 0 Å². The lowest BCUT2D eigenvalue weighted by molar-refractivity contribution is 0.871. The normalized spacial score (nSPS) is 10.8. The first kappa shape index (κ1) is 10.6. The van der Waals surface area contributed by atoms with Crippen LogP contribution < -0.4 is 5.43 Å². The second-order valence-corrected chi connectivity index (χ2v) is 3.59. The third kappa shape index (κ3) is 2.80. The van der Waals surface area contributed by atoms with Gasteiger partial charge in [0.2, 0.25) is 4.77 Å². The molecule has 1 aromatic carbocycles. The summed E-state index contributed by atoms with van der Waals surface area (Å²) in [5.41, 5.74) is 4.28. The average molecular weight is 232 g/mol. The first-order valence-electron chi connectivity index (χ1n) is 4.94. The smallest absolute Gasteiger partial charge is 0.214 e. The second-order valence-electron chi connectivity index (χ2n) is 3.21. The second kappa shape index (κ2) is 5.27. The molecule has 1 heterocycles. The Kier molecular flexibility index (Phi) is 3.50. The molecule has 0 fully saturated rings. The molecule has 16 heavy (non-hydrogen) atoms. The summed E-state index contributed by atoms with van der Waals surface area (Å²) in [6, 6.07) is 10.1. The molecular weight excluding hydrogens is 220 g/mol. The van der Waals surface area contributed by atoms with E-state index >= 15 is 0 Å². The van der Waals surface area contributed by atoms with Crippen LogP contribution in [0.3, 0.4) is 0 Å². The van der Waals surface area contributed by atoms with Gasteiger partial charge in [0.1, 0.15) is 6.33 Å². The monoisotopic (exact) mass is 232 g/mol. The lowest BCUT2D eigenvalue weighted by atomic mass is 10.2. The molecule has 0 saturated heterocycles. The van der Waals surface area contributed by atoms with Gasteiger partial charge in [-0.2, -0.15) is 5.10 Å². The summed E-state index contributed by atoms with van der Waals surface area (Å²) in [6.45, 7) is 0.697. The van der Waals surface area contributed by atoms with Gasteiger partial charge in [-0.25, -0.2) is 4.68 Å². The van der Waals surface area contributed by atoms with E-state index in [2.05, 4.69) is 33.8 Å². The van der Waals surface area contributed by atoms with E-state index in [1.165, 1.54) is 5.56 Å². The van der Waals surface area contributed by atoms with Crippen LogP contribution in [-0.2, 0) is 0 Å². The highest BCUT2D eigenvalue weighted by Crippen LogP contribution is 2.00. The van der Waals surface area contributed by atoms with Crippen molar-refractivity contribution in [3.8, 4) is 0 Å². The predicted molar refractivity (Wildman–Crippen MR) is 67.1 cm³/mol. The van der Waals surface area contributed by atoms with E-state index in [0.29, 0.717) is 11.3 Å². The Morgan fingerprint density at radius 1 is 1.38 bits per heavy atom. The summed E-state index contributed by atoms with van der Waals surface area (Å²) >= 11 is 4.99. The zero-order valence-electron chi connectivity index (χ0n) is 8.63. The molecule has 82 valence electrons. The van der Waals surface area contributed by atoms with E-state index in [1.807, 2.05) is 24.3 Å². The molecule has 0 spiro atoms. The third-order valence-corrected chi connectivity index (χ3v) is 2.33. The topological polar surface area (TPSA) is 45.6 Å². The molecule has 2 aromatic rings. The molecular formula is C11H12N4S. The minimum atomic E-state index is 0.563. The fraction of sp³-hybridized carbons (Fsp3) is 0.0909. The van der Waals surface area contributed by atoms with Gasteiger partial charge in [0.05, 0.1) is 0 Å². The molecule has 0 radical (unpaired) electrons. The van der Waals surface area contributed by atoms with Crippen molar-refractivity contribution in [3.63, 3.8) is 0 Å². The van der Waals surface area contributed by atoms with Gasteiger partial charge in [-0.15, -0.1) is 0 Å². The fourth-order valence-corrected chi connectivity index (χ4v) is 1.44. The van der Waals surface area contributed by atoms with Crippen molar-refractivity contribution in [1.29, 1.82) is 0 Å². The van der Waals surface area contributed by atoms with Crippen molar-refractivity contribution < 1.29 is 0 Å². The highest BCUT2D eigenvalue weighted by Gasteiger charge is 1.88. The molecule has 5 heteroatoms. The summed E-state index contributed by atoms with van der Waals surface area (Å²) in [4.78, 5) is 0. The number of H-pyrrole nitrogens is 1. The summed E-state index contributed by atoms with van der Waals surface area (Å²) in [7, 11) is 0. The van der Waals surface area contributed by atoms with Gasteiger partial charge in [-0.05, 0) is 17.8 Å². The van der Waals surface area contributed by atoms with Crippen LogP contribution >= 0.6 is 12.2 Å². The maximum atomic E-state index is 4.99. The summed E-state index contributed by atoms with van der Waals surface area (Å²) in [5, 5.41) is 6.47. The lowest BCUT2D eigenvalue weighted by Gasteiger charge is -2.01. The molecule has 4 nitrogen and oxygen atoms in total. The highest BCUT2D eigenvalue weighted by atomic mass is 32.1. The van der Waals surface area contributed by atoms with Crippen LogP contribution in [-0.4, -0.2) is 21.4 Å². The molecule has 0 unspecified atom stereocenters. The van der Waals surface area contributed by atoms with Gasteiger partial charge < -0.3 is 5.43 Å². The molecule has 0 saturated carbocycles. The zero-order chi connectivity index (χ0) is 11.2. The van der Waals surface area contributed by atoms with Crippen molar-refractivity contribution in [3.05, 3.63) is 53.1 Å². The highest BCUT2D eigenvalue weighted by molar-refractivity contribution is 7.71. The first-order chi connectivity index (χ1) is 7.86. The van der Waals surface area contributed by atoms with E-state index in [9.17, 15) is 0 Å². The Balaban J connectivity index is 1.87. The molecule has 0 aliphatic heterocycles. The molecule has 0 aliphatic carbocycles. The minimum Gasteiger partial charge on any atom is -0.319 e.